The number of hydrogen-bond donors (Lipinski definition) is 1. The highest BCUT2D eigenvalue weighted by Crippen LogP contribution is 2.20. The first kappa shape index (κ1) is 15.7. The highest BCUT2D eigenvalue weighted by molar-refractivity contribution is 5.79. The molecule has 1 aromatic rings. The first-order valence-electron chi connectivity index (χ1n) is 7.88. The zero-order valence-electron chi connectivity index (χ0n) is 13.3. The zero-order chi connectivity index (χ0) is 15.2. The van der Waals surface area contributed by atoms with Gasteiger partial charge in [-0.15, -0.1) is 0 Å². The number of piperidine rings is 1. The molecule has 1 aromatic heterocycles. The molecule has 116 valence electrons. The molecule has 2 rings (SSSR count). The highest BCUT2D eigenvalue weighted by atomic mass is 16.1. The van der Waals surface area contributed by atoms with E-state index in [4.69, 9.17) is 0 Å². The van der Waals surface area contributed by atoms with E-state index in [0.29, 0.717) is 5.92 Å². The maximum atomic E-state index is 12.2. The molecule has 0 radical (unpaired) electrons. The van der Waals surface area contributed by atoms with Crippen LogP contribution in [0.2, 0.25) is 0 Å². The van der Waals surface area contributed by atoms with E-state index in [1.165, 1.54) is 0 Å². The van der Waals surface area contributed by atoms with Crippen LogP contribution in [0.25, 0.3) is 0 Å². The third-order valence-corrected chi connectivity index (χ3v) is 3.88. The summed E-state index contributed by atoms with van der Waals surface area (Å²) in [6.07, 6.45) is 4.78. The molecular formula is C16H26N4O. The first-order chi connectivity index (χ1) is 10.1. The van der Waals surface area contributed by atoms with Crippen molar-refractivity contribution in [3.8, 4) is 0 Å². The van der Waals surface area contributed by atoms with Crippen LogP contribution in [0.1, 0.15) is 38.8 Å². The van der Waals surface area contributed by atoms with Gasteiger partial charge in [0.1, 0.15) is 0 Å². The van der Waals surface area contributed by atoms with Gasteiger partial charge in [0.15, 0.2) is 0 Å². The van der Waals surface area contributed by atoms with Crippen molar-refractivity contribution in [1.82, 2.24) is 15.3 Å². The van der Waals surface area contributed by atoms with Crippen molar-refractivity contribution in [2.45, 2.75) is 40.0 Å². The summed E-state index contributed by atoms with van der Waals surface area (Å²) in [6, 6.07) is 1.89. The number of rotatable bonds is 5. The largest absolute Gasteiger partial charge is 0.356 e. The topological polar surface area (TPSA) is 58.1 Å². The number of nitrogens with zero attached hydrogens (tertiary/aromatic N) is 3. The summed E-state index contributed by atoms with van der Waals surface area (Å²) in [6.45, 7) is 8.72. The SMILES string of the molecule is Cc1ccnc(N2CCCC(C(=O)NCCC(C)C)C2)n1. The molecule has 0 aliphatic carbocycles. The van der Waals surface area contributed by atoms with Gasteiger partial charge in [-0.3, -0.25) is 4.79 Å². The van der Waals surface area contributed by atoms with Gasteiger partial charge in [0, 0.05) is 31.5 Å². The molecule has 0 saturated carbocycles. The predicted octanol–water partition coefficient (Wildman–Crippen LogP) is 2.16. The van der Waals surface area contributed by atoms with Crippen molar-refractivity contribution in [3.05, 3.63) is 18.0 Å². The molecule has 1 atom stereocenters. The van der Waals surface area contributed by atoms with Crippen LogP contribution in [0, 0.1) is 18.8 Å². The van der Waals surface area contributed by atoms with Crippen molar-refractivity contribution < 1.29 is 4.79 Å². The average molecular weight is 290 g/mol. The minimum absolute atomic E-state index is 0.0509. The Morgan fingerprint density at radius 3 is 3.05 bits per heavy atom. The van der Waals surface area contributed by atoms with Crippen molar-refractivity contribution in [3.63, 3.8) is 0 Å². The lowest BCUT2D eigenvalue weighted by Crippen LogP contribution is -2.44. The smallest absolute Gasteiger partial charge is 0.225 e. The van der Waals surface area contributed by atoms with Crippen LogP contribution >= 0.6 is 0 Å². The van der Waals surface area contributed by atoms with Crippen molar-refractivity contribution in [2.75, 3.05) is 24.5 Å². The number of nitrogens with one attached hydrogen (secondary N) is 1. The standard InChI is InChI=1S/C16H26N4O/c1-12(2)6-8-17-15(21)14-5-4-10-20(11-14)16-18-9-7-13(3)19-16/h7,9,12,14H,4-6,8,10-11H2,1-3H3,(H,17,21). The minimum atomic E-state index is 0.0509. The Balaban J connectivity index is 1.89. The Morgan fingerprint density at radius 1 is 1.52 bits per heavy atom. The van der Waals surface area contributed by atoms with Gasteiger partial charge < -0.3 is 10.2 Å². The number of carbonyl (C=O) groups excluding carboxylic acids is 1. The van der Waals surface area contributed by atoms with Gasteiger partial charge >= 0.3 is 0 Å². The fourth-order valence-electron chi connectivity index (χ4n) is 2.59. The number of aromatic nitrogens is 2. The molecule has 1 N–H and O–H groups in total. The molecule has 1 amide bonds. The van der Waals surface area contributed by atoms with Crippen molar-refractivity contribution in [2.24, 2.45) is 11.8 Å². The van der Waals surface area contributed by atoms with Gasteiger partial charge in [-0.2, -0.15) is 0 Å². The molecule has 2 heterocycles. The van der Waals surface area contributed by atoms with Gasteiger partial charge in [0.05, 0.1) is 5.92 Å². The van der Waals surface area contributed by atoms with Gasteiger partial charge in [0.25, 0.3) is 0 Å². The molecule has 0 spiro atoms. The molecule has 1 unspecified atom stereocenters. The fraction of sp³-hybridized carbons (Fsp3) is 0.688. The van der Waals surface area contributed by atoms with Crippen LogP contribution in [-0.2, 0) is 4.79 Å². The van der Waals surface area contributed by atoms with E-state index >= 15 is 0 Å². The average Bonchev–Trinajstić information content (AvgIpc) is 2.47. The summed E-state index contributed by atoms with van der Waals surface area (Å²) in [7, 11) is 0. The number of amides is 1. The third kappa shape index (κ3) is 4.69. The maximum absolute atomic E-state index is 12.2. The normalized spacial score (nSPS) is 18.9. The van der Waals surface area contributed by atoms with E-state index < -0.39 is 0 Å². The molecule has 1 aliphatic heterocycles. The molecule has 0 aromatic carbocycles. The predicted molar refractivity (Wildman–Crippen MR) is 84.2 cm³/mol. The van der Waals surface area contributed by atoms with Crippen LogP contribution in [0.3, 0.4) is 0 Å². The second-order valence-electron chi connectivity index (χ2n) is 6.26. The van der Waals surface area contributed by atoms with Crippen molar-refractivity contribution >= 4 is 11.9 Å². The molecule has 1 fully saturated rings. The Labute approximate surface area is 127 Å². The second-order valence-corrected chi connectivity index (χ2v) is 6.26. The van der Waals surface area contributed by atoms with Gasteiger partial charge in [-0.25, -0.2) is 9.97 Å². The minimum Gasteiger partial charge on any atom is -0.356 e. The molecule has 21 heavy (non-hydrogen) atoms. The lowest BCUT2D eigenvalue weighted by Gasteiger charge is -2.32. The Hall–Kier alpha value is -1.65. The number of aryl methyl sites for hydroxylation is 1. The Morgan fingerprint density at radius 2 is 2.33 bits per heavy atom. The number of anilines is 1. The van der Waals surface area contributed by atoms with E-state index in [1.807, 2.05) is 13.0 Å². The zero-order valence-corrected chi connectivity index (χ0v) is 13.3. The fourth-order valence-corrected chi connectivity index (χ4v) is 2.59. The highest BCUT2D eigenvalue weighted by Gasteiger charge is 2.26. The Bertz CT molecular complexity index is 475. The van der Waals surface area contributed by atoms with Crippen molar-refractivity contribution in [1.29, 1.82) is 0 Å². The van der Waals surface area contributed by atoms with Crippen LogP contribution in [0.5, 0.6) is 0 Å². The van der Waals surface area contributed by atoms with Crippen LogP contribution < -0.4 is 10.2 Å². The summed E-state index contributed by atoms with van der Waals surface area (Å²) in [5, 5.41) is 3.06. The van der Waals surface area contributed by atoms with Crippen LogP contribution in [0.15, 0.2) is 12.3 Å². The monoisotopic (exact) mass is 290 g/mol. The third-order valence-electron chi connectivity index (χ3n) is 3.88. The van der Waals surface area contributed by atoms with Gasteiger partial charge in [0.2, 0.25) is 11.9 Å². The molecule has 0 bridgehead atoms. The van der Waals surface area contributed by atoms with Gasteiger partial charge in [-0.1, -0.05) is 13.8 Å². The number of carbonyl (C=O) groups is 1. The summed E-state index contributed by atoms with van der Waals surface area (Å²) in [5.41, 5.74) is 0.962. The van der Waals surface area contributed by atoms with Crippen LogP contribution in [0.4, 0.5) is 5.95 Å². The summed E-state index contributed by atoms with van der Waals surface area (Å²) < 4.78 is 0. The summed E-state index contributed by atoms with van der Waals surface area (Å²) in [5.74, 6) is 1.59. The summed E-state index contributed by atoms with van der Waals surface area (Å²) in [4.78, 5) is 23.2. The quantitative estimate of drug-likeness (QED) is 0.903. The second kappa shape index (κ2) is 7.38. The van der Waals surface area contributed by atoms with E-state index in [-0.39, 0.29) is 11.8 Å². The lowest BCUT2D eigenvalue weighted by atomic mass is 9.97. The maximum Gasteiger partial charge on any atom is 0.225 e. The Kier molecular flexibility index (Phi) is 5.53. The van der Waals surface area contributed by atoms with E-state index in [1.54, 1.807) is 6.20 Å². The molecular weight excluding hydrogens is 264 g/mol. The lowest BCUT2D eigenvalue weighted by molar-refractivity contribution is -0.125. The molecule has 5 nitrogen and oxygen atoms in total. The van der Waals surface area contributed by atoms with Crippen LogP contribution in [-0.4, -0.2) is 35.5 Å². The summed E-state index contributed by atoms with van der Waals surface area (Å²) >= 11 is 0. The van der Waals surface area contributed by atoms with E-state index in [9.17, 15) is 4.79 Å². The number of hydrogen-bond acceptors (Lipinski definition) is 4. The van der Waals surface area contributed by atoms with E-state index in [2.05, 4.69) is 34.0 Å². The van der Waals surface area contributed by atoms with Gasteiger partial charge in [-0.05, 0) is 38.2 Å². The molecule has 1 saturated heterocycles. The first-order valence-corrected chi connectivity index (χ1v) is 7.88. The molecule has 1 aliphatic rings. The molecule has 5 heteroatoms. The van der Waals surface area contributed by atoms with E-state index in [0.717, 1.165) is 50.5 Å².